The van der Waals surface area contributed by atoms with Gasteiger partial charge in [0.2, 0.25) is 0 Å². The van der Waals surface area contributed by atoms with Crippen LogP contribution in [0.1, 0.15) is 34.7 Å². The van der Waals surface area contributed by atoms with Gasteiger partial charge in [-0.1, -0.05) is 17.7 Å². The van der Waals surface area contributed by atoms with Gasteiger partial charge in [-0.2, -0.15) is 13.2 Å². The number of rotatable bonds is 3. The Labute approximate surface area is 124 Å². The Bertz CT molecular complexity index is 468. The highest BCUT2D eigenvalue weighted by Gasteiger charge is 2.37. The van der Waals surface area contributed by atoms with Gasteiger partial charge in [-0.15, -0.1) is 0 Å². The van der Waals surface area contributed by atoms with E-state index in [4.69, 9.17) is 0 Å². The van der Waals surface area contributed by atoms with Crippen LogP contribution in [0.4, 0.5) is 13.2 Å². The van der Waals surface area contributed by atoms with Crippen molar-refractivity contribution in [2.24, 2.45) is 0 Å². The standard InChI is InChI=1S/C16H23F3N2/c1-11-8-12(2)15(13(3)9-11)14(10-16(17,18)19)21-6-4-20-5-7-21/h8-9,14,20H,4-7,10H2,1-3H3/t14-/m1/s1. The fourth-order valence-corrected chi connectivity index (χ4v) is 3.34. The van der Waals surface area contributed by atoms with Gasteiger partial charge < -0.3 is 5.32 Å². The van der Waals surface area contributed by atoms with Crippen LogP contribution in [-0.4, -0.2) is 37.3 Å². The number of alkyl halides is 3. The summed E-state index contributed by atoms with van der Waals surface area (Å²) in [7, 11) is 0. The fraction of sp³-hybridized carbons (Fsp3) is 0.625. The normalized spacial score (nSPS) is 18.8. The van der Waals surface area contributed by atoms with E-state index in [1.54, 1.807) is 0 Å². The third-order valence-electron chi connectivity index (χ3n) is 4.09. The molecule has 21 heavy (non-hydrogen) atoms. The highest BCUT2D eigenvalue weighted by molar-refractivity contribution is 5.40. The molecule has 0 aromatic heterocycles. The number of aryl methyl sites for hydroxylation is 3. The van der Waals surface area contributed by atoms with Crippen LogP contribution in [-0.2, 0) is 0 Å². The van der Waals surface area contributed by atoms with Gasteiger partial charge >= 0.3 is 6.18 Å². The molecule has 5 heteroatoms. The van der Waals surface area contributed by atoms with Crippen molar-refractivity contribution < 1.29 is 13.2 Å². The first-order chi connectivity index (χ1) is 9.78. The van der Waals surface area contributed by atoms with Gasteiger partial charge in [-0.3, -0.25) is 4.90 Å². The molecule has 0 spiro atoms. The second kappa shape index (κ2) is 6.36. The van der Waals surface area contributed by atoms with Gasteiger partial charge in [0.05, 0.1) is 6.42 Å². The monoisotopic (exact) mass is 300 g/mol. The Hall–Kier alpha value is -1.07. The average Bonchev–Trinajstić information content (AvgIpc) is 2.36. The smallest absolute Gasteiger partial charge is 0.314 e. The molecule has 1 aliphatic heterocycles. The number of halogens is 3. The maximum absolute atomic E-state index is 13.0. The molecule has 1 atom stereocenters. The van der Waals surface area contributed by atoms with Gasteiger partial charge in [0.25, 0.3) is 0 Å². The van der Waals surface area contributed by atoms with Crippen molar-refractivity contribution in [3.05, 3.63) is 34.4 Å². The Morgan fingerprint density at radius 2 is 1.62 bits per heavy atom. The van der Waals surface area contributed by atoms with Crippen molar-refractivity contribution in [2.45, 2.75) is 39.4 Å². The van der Waals surface area contributed by atoms with Crippen LogP contribution < -0.4 is 5.32 Å². The second-order valence-corrected chi connectivity index (χ2v) is 5.93. The van der Waals surface area contributed by atoms with E-state index >= 15 is 0 Å². The van der Waals surface area contributed by atoms with E-state index in [1.165, 1.54) is 0 Å². The minimum Gasteiger partial charge on any atom is -0.314 e. The van der Waals surface area contributed by atoms with Gasteiger partial charge in [-0.05, 0) is 37.5 Å². The van der Waals surface area contributed by atoms with Crippen LogP contribution in [0.15, 0.2) is 12.1 Å². The Kier molecular flexibility index (Phi) is 4.94. The first kappa shape index (κ1) is 16.3. The zero-order valence-electron chi connectivity index (χ0n) is 12.8. The lowest BCUT2D eigenvalue weighted by molar-refractivity contribution is -0.148. The molecule has 0 bridgehead atoms. The zero-order valence-corrected chi connectivity index (χ0v) is 12.8. The van der Waals surface area contributed by atoms with Gasteiger partial charge in [0.15, 0.2) is 0 Å². The molecule has 1 heterocycles. The summed E-state index contributed by atoms with van der Waals surface area (Å²) < 4.78 is 39.1. The van der Waals surface area contributed by atoms with Crippen molar-refractivity contribution in [3.8, 4) is 0 Å². The average molecular weight is 300 g/mol. The maximum Gasteiger partial charge on any atom is 0.390 e. The molecule has 1 N–H and O–H groups in total. The highest BCUT2D eigenvalue weighted by Crippen LogP contribution is 2.37. The Balaban J connectivity index is 2.39. The summed E-state index contributed by atoms with van der Waals surface area (Å²) in [6, 6.07) is 3.38. The van der Waals surface area contributed by atoms with Crippen molar-refractivity contribution in [1.29, 1.82) is 0 Å². The first-order valence-corrected chi connectivity index (χ1v) is 7.37. The van der Waals surface area contributed by atoms with Crippen molar-refractivity contribution in [1.82, 2.24) is 10.2 Å². The summed E-state index contributed by atoms with van der Waals surface area (Å²) in [4.78, 5) is 1.97. The summed E-state index contributed by atoms with van der Waals surface area (Å²) in [6.45, 7) is 8.63. The minimum absolute atomic E-state index is 0.576. The molecule has 1 aromatic carbocycles. The van der Waals surface area contributed by atoms with Gasteiger partial charge in [0.1, 0.15) is 0 Å². The topological polar surface area (TPSA) is 15.3 Å². The number of benzene rings is 1. The summed E-state index contributed by atoms with van der Waals surface area (Å²) >= 11 is 0. The fourth-order valence-electron chi connectivity index (χ4n) is 3.34. The molecule has 0 amide bonds. The maximum atomic E-state index is 13.0. The van der Waals surface area contributed by atoms with E-state index in [9.17, 15) is 13.2 Å². The molecular formula is C16H23F3N2. The number of hydrogen-bond donors (Lipinski definition) is 1. The SMILES string of the molecule is Cc1cc(C)c([C@@H](CC(F)(F)F)N2CCNCC2)c(C)c1. The van der Waals surface area contributed by atoms with Crippen LogP contribution >= 0.6 is 0 Å². The summed E-state index contributed by atoms with van der Waals surface area (Å²) in [5.74, 6) is 0. The lowest BCUT2D eigenvalue weighted by atomic mass is 9.91. The second-order valence-electron chi connectivity index (χ2n) is 5.93. The van der Waals surface area contributed by atoms with Crippen molar-refractivity contribution >= 4 is 0 Å². The van der Waals surface area contributed by atoms with E-state index in [-0.39, 0.29) is 0 Å². The Morgan fingerprint density at radius 1 is 1.10 bits per heavy atom. The third-order valence-corrected chi connectivity index (χ3v) is 4.09. The Morgan fingerprint density at radius 3 is 2.10 bits per heavy atom. The molecule has 0 saturated carbocycles. The summed E-state index contributed by atoms with van der Waals surface area (Å²) in [5.41, 5.74) is 3.86. The lowest BCUT2D eigenvalue weighted by Gasteiger charge is -2.37. The lowest BCUT2D eigenvalue weighted by Crippen LogP contribution is -2.46. The van der Waals surface area contributed by atoms with E-state index in [1.807, 2.05) is 37.8 Å². The van der Waals surface area contributed by atoms with Gasteiger partial charge in [-0.25, -0.2) is 0 Å². The number of piperazine rings is 1. The summed E-state index contributed by atoms with van der Waals surface area (Å²) in [5, 5.41) is 3.20. The molecule has 0 aliphatic carbocycles. The predicted octanol–water partition coefficient (Wildman–Crippen LogP) is 3.51. The minimum atomic E-state index is -4.15. The van der Waals surface area contributed by atoms with E-state index < -0.39 is 18.6 Å². The van der Waals surface area contributed by atoms with Crippen LogP contribution in [0.2, 0.25) is 0 Å². The van der Waals surface area contributed by atoms with Crippen LogP contribution in [0.3, 0.4) is 0 Å². The molecule has 2 nitrogen and oxygen atoms in total. The number of nitrogens with one attached hydrogen (secondary N) is 1. The van der Waals surface area contributed by atoms with E-state index in [0.29, 0.717) is 13.1 Å². The van der Waals surface area contributed by atoms with E-state index in [2.05, 4.69) is 5.32 Å². The van der Waals surface area contributed by atoms with Crippen molar-refractivity contribution in [3.63, 3.8) is 0 Å². The quantitative estimate of drug-likeness (QED) is 0.919. The molecule has 1 saturated heterocycles. The predicted molar refractivity (Wildman–Crippen MR) is 78.5 cm³/mol. The molecule has 1 fully saturated rings. The first-order valence-electron chi connectivity index (χ1n) is 7.37. The number of nitrogens with zero attached hydrogens (tertiary/aromatic N) is 1. The largest absolute Gasteiger partial charge is 0.390 e. The highest BCUT2D eigenvalue weighted by atomic mass is 19.4. The summed E-state index contributed by atoms with van der Waals surface area (Å²) in [6.07, 6.45) is -4.93. The number of hydrogen-bond acceptors (Lipinski definition) is 2. The molecule has 2 rings (SSSR count). The van der Waals surface area contributed by atoms with Crippen LogP contribution in [0.25, 0.3) is 0 Å². The van der Waals surface area contributed by atoms with Gasteiger partial charge in [0, 0.05) is 32.2 Å². The third kappa shape index (κ3) is 4.20. The molecule has 0 unspecified atom stereocenters. The van der Waals surface area contributed by atoms with Crippen LogP contribution in [0, 0.1) is 20.8 Å². The molecule has 0 radical (unpaired) electrons. The molecular weight excluding hydrogens is 277 g/mol. The zero-order chi connectivity index (χ0) is 15.6. The van der Waals surface area contributed by atoms with Crippen molar-refractivity contribution in [2.75, 3.05) is 26.2 Å². The molecule has 1 aliphatic rings. The molecule has 118 valence electrons. The van der Waals surface area contributed by atoms with E-state index in [0.717, 1.165) is 35.3 Å². The molecule has 1 aromatic rings. The van der Waals surface area contributed by atoms with Crippen LogP contribution in [0.5, 0.6) is 0 Å².